The summed E-state index contributed by atoms with van der Waals surface area (Å²) in [6.07, 6.45) is 4.01. The van der Waals surface area contributed by atoms with Crippen molar-refractivity contribution >= 4 is 17.2 Å². The highest BCUT2D eigenvalue weighted by molar-refractivity contribution is 8.11. The summed E-state index contributed by atoms with van der Waals surface area (Å²) in [6.45, 7) is 8.00. The van der Waals surface area contributed by atoms with Crippen molar-refractivity contribution in [2.75, 3.05) is 52.9 Å². The molecule has 0 aromatic heterocycles. The van der Waals surface area contributed by atoms with Crippen LogP contribution in [-0.2, 0) is 11.3 Å². The van der Waals surface area contributed by atoms with Gasteiger partial charge in [-0.25, -0.2) is 9.10 Å². The molecule has 6 heteroatoms. The number of rotatable bonds is 6. The highest BCUT2D eigenvalue weighted by atomic mass is 32.2. The van der Waals surface area contributed by atoms with E-state index >= 15 is 0 Å². The normalized spacial score (nSPS) is 21.0. The van der Waals surface area contributed by atoms with Gasteiger partial charge in [0.2, 0.25) is 0 Å². The number of ether oxygens (including phenoxy) is 1. The number of hydrogen-bond acceptors (Lipinski definition) is 6. The summed E-state index contributed by atoms with van der Waals surface area (Å²) in [5.41, 5.74) is 1.03. The Morgan fingerprint density at radius 2 is 1.77 bits per heavy atom. The highest BCUT2D eigenvalue weighted by Crippen LogP contribution is 2.21. The number of carbonyl (C=O) groups is 1. The van der Waals surface area contributed by atoms with Crippen LogP contribution in [0.4, 0.5) is 4.79 Å². The van der Waals surface area contributed by atoms with Crippen LogP contribution in [0.2, 0.25) is 0 Å². The van der Waals surface area contributed by atoms with E-state index in [2.05, 4.69) is 21.2 Å². The third-order valence-corrected chi connectivity index (χ3v) is 6.32. The highest BCUT2D eigenvalue weighted by Gasteiger charge is 2.22. The molecule has 2 aliphatic rings. The second-order valence-electron chi connectivity index (χ2n) is 7.42. The maximum Gasteiger partial charge on any atom is 0.383 e. The van der Waals surface area contributed by atoms with Gasteiger partial charge >= 0.3 is 5.30 Å². The topological polar surface area (TPSA) is 36.0 Å². The maximum atomic E-state index is 12.0. The molecule has 2 aliphatic heterocycles. The van der Waals surface area contributed by atoms with Crippen LogP contribution in [0.5, 0.6) is 0 Å². The first-order valence-corrected chi connectivity index (χ1v) is 10.5. The standard InChI is InChI=1S/C20H31N3O2S/c1-21-10-7-18(8-11-21)9-12-22-13-15-23(16-14-22)26-20(24)25-17-19-5-3-2-4-6-19/h2-6,18H,7-17H2,1H3. The number of likely N-dealkylation sites (tertiary alicyclic amines) is 1. The van der Waals surface area contributed by atoms with Gasteiger partial charge in [0.1, 0.15) is 6.61 Å². The van der Waals surface area contributed by atoms with E-state index in [0.29, 0.717) is 6.61 Å². The molecule has 0 N–H and O–H groups in total. The molecule has 1 aromatic rings. The summed E-state index contributed by atoms with van der Waals surface area (Å²) in [5, 5.41) is -0.200. The van der Waals surface area contributed by atoms with Gasteiger partial charge in [-0.2, -0.15) is 0 Å². The Balaban J connectivity index is 1.28. The molecular formula is C20H31N3O2S. The van der Waals surface area contributed by atoms with Crippen molar-refractivity contribution in [3.63, 3.8) is 0 Å². The zero-order chi connectivity index (χ0) is 18.2. The maximum absolute atomic E-state index is 12.0. The Labute approximate surface area is 161 Å². The van der Waals surface area contributed by atoms with Gasteiger partial charge in [0.25, 0.3) is 0 Å². The lowest BCUT2D eigenvalue weighted by Gasteiger charge is -2.35. The SMILES string of the molecule is CN1CCC(CCN2CCN(SC(=O)OCc3ccccc3)CC2)CC1. The zero-order valence-electron chi connectivity index (χ0n) is 15.8. The lowest BCUT2D eigenvalue weighted by molar-refractivity contribution is 0.155. The van der Waals surface area contributed by atoms with E-state index in [1.807, 2.05) is 30.3 Å². The fraction of sp³-hybridized carbons (Fsp3) is 0.650. The number of nitrogens with zero attached hydrogens (tertiary/aromatic N) is 3. The minimum Gasteiger partial charge on any atom is -0.452 e. The van der Waals surface area contributed by atoms with Crippen LogP contribution in [0.1, 0.15) is 24.8 Å². The molecule has 0 aliphatic carbocycles. The Morgan fingerprint density at radius 1 is 1.08 bits per heavy atom. The minimum atomic E-state index is -0.200. The molecule has 3 rings (SSSR count). The number of carbonyl (C=O) groups excluding carboxylic acids is 1. The summed E-state index contributed by atoms with van der Waals surface area (Å²) in [4.78, 5) is 17.0. The molecule has 144 valence electrons. The minimum absolute atomic E-state index is 0.200. The molecule has 0 spiro atoms. The molecule has 2 fully saturated rings. The number of piperazine rings is 1. The van der Waals surface area contributed by atoms with Crippen molar-refractivity contribution in [2.45, 2.75) is 25.9 Å². The zero-order valence-corrected chi connectivity index (χ0v) is 16.6. The Kier molecular flexibility index (Phi) is 7.80. The van der Waals surface area contributed by atoms with Crippen LogP contribution in [0.25, 0.3) is 0 Å². The molecule has 0 atom stereocenters. The van der Waals surface area contributed by atoms with Crippen molar-refractivity contribution in [3.8, 4) is 0 Å². The quantitative estimate of drug-likeness (QED) is 0.559. The fourth-order valence-corrected chi connectivity index (χ4v) is 4.28. The second-order valence-corrected chi connectivity index (χ2v) is 8.45. The van der Waals surface area contributed by atoms with Crippen molar-refractivity contribution in [1.29, 1.82) is 0 Å². The molecule has 2 heterocycles. The number of piperidine rings is 1. The van der Waals surface area contributed by atoms with Gasteiger partial charge in [0, 0.05) is 38.1 Å². The molecule has 0 radical (unpaired) electrons. The molecule has 0 unspecified atom stereocenters. The average Bonchev–Trinajstić information content (AvgIpc) is 2.68. The summed E-state index contributed by atoms with van der Waals surface area (Å²) in [6, 6.07) is 9.83. The first kappa shape index (κ1) is 19.7. The molecule has 5 nitrogen and oxygen atoms in total. The molecule has 0 saturated carbocycles. The van der Waals surface area contributed by atoms with E-state index < -0.39 is 0 Å². The summed E-state index contributed by atoms with van der Waals surface area (Å²) in [7, 11) is 2.22. The van der Waals surface area contributed by atoms with Crippen LogP contribution in [0.15, 0.2) is 30.3 Å². The van der Waals surface area contributed by atoms with Gasteiger partial charge in [-0.1, -0.05) is 30.3 Å². The van der Waals surface area contributed by atoms with E-state index in [0.717, 1.165) is 37.7 Å². The first-order valence-electron chi connectivity index (χ1n) is 9.73. The molecular weight excluding hydrogens is 346 g/mol. The van der Waals surface area contributed by atoms with Gasteiger partial charge in [-0.15, -0.1) is 0 Å². The van der Waals surface area contributed by atoms with E-state index in [9.17, 15) is 4.79 Å². The van der Waals surface area contributed by atoms with E-state index in [1.54, 1.807) is 0 Å². The summed E-state index contributed by atoms with van der Waals surface area (Å²) < 4.78 is 7.50. The molecule has 26 heavy (non-hydrogen) atoms. The van der Waals surface area contributed by atoms with Gasteiger partial charge in [-0.05, 0) is 57.4 Å². The van der Waals surface area contributed by atoms with Crippen molar-refractivity contribution in [3.05, 3.63) is 35.9 Å². The Bertz CT molecular complexity index is 541. The Hall–Kier alpha value is -1.08. The van der Waals surface area contributed by atoms with Gasteiger partial charge < -0.3 is 14.5 Å². The fourth-order valence-electron chi connectivity index (χ4n) is 3.61. The smallest absolute Gasteiger partial charge is 0.383 e. The van der Waals surface area contributed by atoms with Crippen molar-refractivity contribution < 1.29 is 9.53 Å². The molecule has 2 saturated heterocycles. The predicted octanol–water partition coefficient (Wildman–Crippen LogP) is 3.32. The summed E-state index contributed by atoms with van der Waals surface area (Å²) >= 11 is 1.23. The van der Waals surface area contributed by atoms with Crippen LogP contribution >= 0.6 is 11.9 Å². The first-order chi connectivity index (χ1) is 12.7. The Morgan fingerprint density at radius 3 is 2.46 bits per heavy atom. The largest absolute Gasteiger partial charge is 0.452 e. The second kappa shape index (κ2) is 10.3. The predicted molar refractivity (Wildman–Crippen MR) is 107 cm³/mol. The molecule has 0 amide bonds. The van der Waals surface area contributed by atoms with Crippen molar-refractivity contribution in [1.82, 2.24) is 14.1 Å². The lowest BCUT2D eigenvalue weighted by Crippen LogP contribution is -2.44. The summed E-state index contributed by atoms with van der Waals surface area (Å²) in [5.74, 6) is 0.895. The third-order valence-electron chi connectivity index (χ3n) is 5.43. The molecule has 0 bridgehead atoms. The average molecular weight is 378 g/mol. The van der Waals surface area contributed by atoms with Crippen LogP contribution < -0.4 is 0 Å². The number of benzene rings is 1. The molecule has 1 aromatic carbocycles. The van der Waals surface area contributed by atoms with Gasteiger partial charge in [0.15, 0.2) is 0 Å². The monoisotopic (exact) mass is 377 g/mol. The van der Waals surface area contributed by atoms with Crippen LogP contribution in [0, 0.1) is 5.92 Å². The van der Waals surface area contributed by atoms with Crippen LogP contribution in [-0.4, -0.2) is 72.3 Å². The van der Waals surface area contributed by atoms with Gasteiger partial charge in [-0.3, -0.25) is 0 Å². The van der Waals surface area contributed by atoms with Crippen molar-refractivity contribution in [2.24, 2.45) is 5.92 Å². The van der Waals surface area contributed by atoms with E-state index in [-0.39, 0.29) is 5.30 Å². The third kappa shape index (κ3) is 6.58. The number of hydrogen-bond donors (Lipinski definition) is 0. The van der Waals surface area contributed by atoms with Crippen LogP contribution in [0.3, 0.4) is 0 Å². The van der Waals surface area contributed by atoms with E-state index in [4.69, 9.17) is 4.74 Å². The lowest BCUT2D eigenvalue weighted by atomic mass is 9.93. The van der Waals surface area contributed by atoms with E-state index in [1.165, 1.54) is 50.8 Å². The van der Waals surface area contributed by atoms with Gasteiger partial charge in [0.05, 0.1) is 0 Å².